The first kappa shape index (κ1) is 17.6. The number of carbonyl (C=O) groups excluding carboxylic acids is 1. The molecule has 1 aliphatic rings. The van der Waals surface area contributed by atoms with Crippen molar-refractivity contribution < 1.29 is 23.8 Å². The fourth-order valence-corrected chi connectivity index (χ4v) is 2.56. The zero-order valence-corrected chi connectivity index (χ0v) is 14.2. The summed E-state index contributed by atoms with van der Waals surface area (Å²) in [5.41, 5.74) is 1.23. The highest BCUT2D eigenvalue weighted by Gasteiger charge is 2.17. The van der Waals surface area contributed by atoms with E-state index in [1.807, 2.05) is 41.6 Å². The lowest BCUT2D eigenvalue weighted by atomic mass is 10.2. The second kappa shape index (κ2) is 8.24. The van der Waals surface area contributed by atoms with Gasteiger partial charge in [-0.25, -0.2) is 0 Å². The number of nitrogens with zero attached hydrogens (tertiary/aromatic N) is 2. The normalized spacial score (nSPS) is 13.2. The predicted octanol–water partition coefficient (Wildman–Crippen LogP) is 2.94. The first-order valence-corrected chi connectivity index (χ1v) is 8.29. The molecule has 0 aliphatic carbocycles. The molecule has 7 nitrogen and oxygen atoms in total. The summed E-state index contributed by atoms with van der Waals surface area (Å²) in [6, 6.07) is 13.8. The van der Waals surface area contributed by atoms with E-state index in [2.05, 4.69) is 17.0 Å². The monoisotopic (exact) mass is 356 g/mol. The van der Waals surface area contributed by atoms with Crippen LogP contribution in [0.2, 0.25) is 0 Å². The Bertz CT molecular complexity index is 784. The summed E-state index contributed by atoms with van der Waals surface area (Å²) in [6.45, 7) is 1.46. The topological polar surface area (TPSA) is 83.2 Å². The molecule has 1 aliphatic heterocycles. The fourth-order valence-electron chi connectivity index (χ4n) is 2.56. The Morgan fingerprint density at radius 2 is 1.88 bits per heavy atom. The smallest absolute Gasteiger partial charge is 0.306 e. The number of carbonyl (C=O) groups is 2. The molecule has 0 fully saturated rings. The van der Waals surface area contributed by atoms with Crippen molar-refractivity contribution in [1.29, 1.82) is 0 Å². The number of furan rings is 1. The first-order chi connectivity index (χ1) is 12.6. The molecule has 0 saturated carbocycles. The summed E-state index contributed by atoms with van der Waals surface area (Å²) in [5, 5.41) is 8.54. The standard InChI is InChI=1S/C19H20N2O5/c22-18(23)8-9-19(24)25-13-16-6-7-17(26-16)21-11-10-20(14-21)12-15-4-2-1-3-5-15/h1-7,10-11H,8-9,12-14H2,(H,22,23). The first-order valence-electron chi connectivity index (χ1n) is 8.29. The maximum absolute atomic E-state index is 11.4. The van der Waals surface area contributed by atoms with Crippen LogP contribution >= 0.6 is 0 Å². The van der Waals surface area contributed by atoms with Crippen molar-refractivity contribution in [2.75, 3.05) is 11.6 Å². The third kappa shape index (κ3) is 4.89. The molecule has 0 radical (unpaired) electrons. The average Bonchev–Trinajstić information content (AvgIpc) is 3.28. The van der Waals surface area contributed by atoms with Gasteiger partial charge in [0.25, 0.3) is 0 Å². The van der Waals surface area contributed by atoms with Crippen LogP contribution in [-0.2, 0) is 27.5 Å². The minimum absolute atomic E-state index is 0.0102. The molecule has 1 aromatic heterocycles. The van der Waals surface area contributed by atoms with Crippen molar-refractivity contribution in [2.45, 2.75) is 26.0 Å². The molecule has 0 bridgehead atoms. The second-order valence-corrected chi connectivity index (χ2v) is 5.94. The maximum Gasteiger partial charge on any atom is 0.306 e. The molecular weight excluding hydrogens is 336 g/mol. The van der Waals surface area contributed by atoms with Gasteiger partial charge in [-0.2, -0.15) is 0 Å². The van der Waals surface area contributed by atoms with Gasteiger partial charge < -0.3 is 19.2 Å². The average molecular weight is 356 g/mol. The quantitative estimate of drug-likeness (QED) is 0.728. The number of benzene rings is 1. The van der Waals surface area contributed by atoms with Crippen molar-refractivity contribution in [2.24, 2.45) is 0 Å². The van der Waals surface area contributed by atoms with Gasteiger partial charge in [-0.1, -0.05) is 30.3 Å². The molecule has 3 rings (SSSR count). The van der Waals surface area contributed by atoms with Crippen LogP contribution < -0.4 is 4.90 Å². The second-order valence-electron chi connectivity index (χ2n) is 5.94. The highest BCUT2D eigenvalue weighted by molar-refractivity contribution is 5.76. The van der Waals surface area contributed by atoms with Crippen LogP contribution in [0.1, 0.15) is 24.2 Å². The van der Waals surface area contributed by atoms with Crippen LogP contribution in [0.4, 0.5) is 5.88 Å². The molecule has 0 saturated heterocycles. The largest absolute Gasteiger partial charge is 0.481 e. The number of hydrogen-bond donors (Lipinski definition) is 1. The van der Waals surface area contributed by atoms with E-state index in [9.17, 15) is 9.59 Å². The Morgan fingerprint density at radius 1 is 1.08 bits per heavy atom. The van der Waals surface area contributed by atoms with Crippen LogP contribution in [0.5, 0.6) is 0 Å². The number of aliphatic carboxylic acids is 1. The lowest BCUT2D eigenvalue weighted by molar-refractivity contribution is -0.149. The van der Waals surface area contributed by atoms with Crippen molar-refractivity contribution in [3.8, 4) is 0 Å². The molecule has 0 spiro atoms. The molecule has 2 aromatic rings. The Hall–Kier alpha value is -3.22. The lowest BCUT2D eigenvalue weighted by Gasteiger charge is -2.19. The van der Waals surface area contributed by atoms with Gasteiger partial charge in [0.2, 0.25) is 5.88 Å². The zero-order chi connectivity index (χ0) is 18.4. The van der Waals surface area contributed by atoms with Crippen LogP contribution in [0.15, 0.2) is 59.3 Å². The number of carboxylic acids is 1. The van der Waals surface area contributed by atoms with E-state index in [1.165, 1.54) is 5.56 Å². The zero-order valence-electron chi connectivity index (χ0n) is 14.2. The van der Waals surface area contributed by atoms with Crippen LogP contribution in [0.25, 0.3) is 0 Å². The van der Waals surface area contributed by atoms with Crippen molar-refractivity contribution >= 4 is 17.8 Å². The van der Waals surface area contributed by atoms with Crippen molar-refractivity contribution in [1.82, 2.24) is 4.90 Å². The minimum atomic E-state index is -1.02. The molecule has 0 unspecified atom stereocenters. The van der Waals surface area contributed by atoms with E-state index in [0.717, 1.165) is 6.54 Å². The molecule has 2 heterocycles. The van der Waals surface area contributed by atoms with Crippen LogP contribution in [0.3, 0.4) is 0 Å². The molecule has 1 aromatic carbocycles. The van der Waals surface area contributed by atoms with Crippen molar-refractivity contribution in [3.63, 3.8) is 0 Å². The number of esters is 1. The summed E-state index contributed by atoms with van der Waals surface area (Å²) < 4.78 is 10.7. The summed E-state index contributed by atoms with van der Waals surface area (Å²) >= 11 is 0. The maximum atomic E-state index is 11.4. The van der Waals surface area contributed by atoms with Gasteiger partial charge in [-0.05, 0) is 11.6 Å². The fraction of sp³-hybridized carbons (Fsp3) is 0.263. The lowest BCUT2D eigenvalue weighted by Crippen LogP contribution is -2.24. The molecule has 0 atom stereocenters. The number of ether oxygens (including phenoxy) is 1. The van der Waals surface area contributed by atoms with E-state index in [-0.39, 0.29) is 19.4 Å². The van der Waals surface area contributed by atoms with E-state index >= 15 is 0 Å². The Labute approximate surface area is 151 Å². The van der Waals surface area contributed by atoms with E-state index < -0.39 is 11.9 Å². The van der Waals surface area contributed by atoms with Gasteiger partial charge in [0.1, 0.15) is 12.4 Å². The summed E-state index contributed by atoms with van der Waals surface area (Å²) in [7, 11) is 0. The number of hydrogen-bond acceptors (Lipinski definition) is 6. The number of carboxylic acid groups (broad SMARTS) is 1. The Balaban J connectivity index is 1.47. The van der Waals surface area contributed by atoms with E-state index in [0.29, 0.717) is 18.3 Å². The van der Waals surface area contributed by atoms with E-state index in [1.54, 1.807) is 6.07 Å². The van der Waals surface area contributed by atoms with Crippen molar-refractivity contribution in [3.05, 3.63) is 66.2 Å². The molecule has 26 heavy (non-hydrogen) atoms. The minimum Gasteiger partial charge on any atom is -0.481 e. The van der Waals surface area contributed by atoms with Gasteiger partial charge >= 0.3 is 11.9 Å². The molecule has 136 valence electrons. The number of rotatable bonds is 8. The van der Waals surface area contributed by atoms with Gasteiger partial charge in [0, 0.05) is 25.0 Å². The summed E-state index contributed by atoms with van der Waals surface area (Å²) in [4.78, 5) is 26.0. The van der Waals surface area contributed by atoms with Gasteiger partial charge in [-0.3, -0.25) is 14.5 Å². The molecular formula is C19H20N2O5. The molecule has 1 N–H and O–H groups in total. The SMILES string of the molecule is O=C(O)CCC(=O)OCc1ccc(N2C=CN(Cc3ccccc3)C2)o1. The Kier molecular flexibility index (Phi) is 5.58. The molecule has 0 amide bonds. The summed E-state index contributed by atoms with van der Waals surface area (Å²) in [6.07, 6.45) is 3.55. The number of anilines is 1. The third-order valence-electron chi connectivity index (χ3n) is 3.87. The Morgan fingerprint density at radius 3 is 2.65 bits per heavy atom. The van der Waals surface area contributed by atoms with Crippen LogP contribution in [-0.4, -0.2) is 28.6 Å². The van der Waals surface area contributed by atoms with Gasteiger partial charge in [0.15, 0.2) is 0 Å². The highest BCUT2D eigenvalue weighted by atomic mass is 16.5. The van der Waals surface area contributed by atoms with E-state index in [4.69, 9.17) is 14.3 Å². The highest BCUT2D eigenvalue weighted by Crippen LogP contribution is 2.23. The third-order valence-corrected chi connectivity index (χ3v) is 3.87. The summed E-state index contributed by atoms with van der Waals surface area (Å²) in [5.74, 6) is -0.407. The van der Waals surface area contributed by atoms with Crippen LogP contribution in [0, 0.1) is 0 Å². The van der Waals surface area contributed by atoms with Gasteiger partial charge in [-0.15, -0.1) is 0 Å². The predicted molar refractivity (Wildman–Crippen MR) is 93.8 cm³/mol. The molecule has 7 heteroatoms. The van der Waals surface area contributed by atoms with Gasteiger partial charge in [0.05, 0.1) is 19.5 Å².